The summed E-state index contributed by atoms with van der Waals surface area (Å²) in [6.07, 6.45) is 13.7. The summed E-state index contributed by atoms with van der Waals surface area (Å²) < 4.78 is 0. The Morgan fingerprint density at radius 3 is 2.35 bits per heavy atom. The van der Waals surface area contributed by atoms with Crippen LogP contribution in [0.3, 0.4) is 0 Å². The number of rotatable bonds is 9. The van der Waals surface area contributed by atoms with E-state index in [1.165, 1.54) is 70.8 Å². The SMILES string of the molecule is CCCCCCCNCC1(CCl)CCCCC1. The van der Waals surface area contributed by atoms with Gasteiger partial charge in [0, 0.05) is 12.4 Å². The molecule has 0 amide bonds. The lowest BCUT2D eigenvalue weighted by Crippen LogP contribution is -2.38. The molecular formula is C15H30ClN. The normalized spacial score (nSPS) is 19.4. The lowest BCUT2D eigenvalue weighted by Gasteiger charge is -2.35. The van der Waals surface area contributed by atoms with E-state index in [0.29, 0.717) is 5.41 Å². The zero-order valence-electron chi connectivity index (χ0n) is 11.6. The molecule has 17 heavy (non-hydrogen) atoms. The topological polar surface area (TPSA) is 12.0 Å². The second kappa shape index (κ2) is 9.22. The average molecular weight is 260 g/mol. The maximum Gasteiger partial charge on any atom is 0.0292 e. The highest BCUT2D eigenvalue weighted by Crippen LogP contribution is 2.36. The smallest absolute Gasteiger partial charge is 0.0292 e. The van der Waals surface area contributed by atoms with Crippen molar-refractivity contribution in [2.75, 3.05) is 19.0 Å². The number of unbranched alkanes of at least 4 members (excludes halogenated alkanes) is 4. The third kappa shape index (κ3) is 6.10. The molecule has 1 aliphatic rings. The van der Waals surface area contributed by atoms with Gasteiger partial charge in [-0.2, -0.15) is 0 Å². The van der Waals surface area contributed by atoms with Gasteiger partial charge in [-0.1, -0.05) is 51.9 Å². The van der Waals surface area contributed by atoms with Gasteiger partial charge in [0.05, 0.1) is 0 Å². The van der Waals surface area contributed by atoms with Crippen LogP contribution in [0, 0.1) is 5.41 Å². The molecule has 0 radical (unpaired) electrons. The van der Waals surface area contributed by atoms with Gasteiger partial charge >= 0.3 is 0 Å². The second-order valence-corrected chi connectivity index (χ2v) is 6.05. The molecule has 1 aliphatic carbocycles. The van der Waals surface area contributed by atoms with Crippen molar-refractivity contribution in [3.8, 4) is 0 Å². The number of nitrogens with one attached hydrogen (secondary N) is 1. The van der Waals surface area contributed by atoms with Crippen molar-refractivity contribution in [3.05, 3.63) is 0 Å². The summed E-state index contributed by atoms with van der Waals surface area (Å²) >= 11 is 6.18. The molecule has 0 atom stereocenters. The summed E-state index contributed by atoms with van der Waals surface area (Å²) in [7, 11) is 0. The first-order valence-corrected chi connectivity index (χ1v) is 8.13. The second-order valence-electron chi connectivity index (χ2n) is 5.79. The molecule has 0 aromatic carbocycles. The van der Waals surface area contributed by atoms with Crippen molar-refractivity contribution < 1.29 is 0 Å². The number of alkyl halides is 1. The maximum absolute atomic E-state index is 6.18. The van der Waals surface area contributed by atoms with E-state index in [0.717, 1.165) is 12.4 Å². The highest BCUT2D eigenvalue weighted by atomic mass is 35.5. The Kier molecular flexibility index (Phi) is 8.30. The Bertz CT molecular complexity index is 176. The fourth-order valence-corrected chi connectivity index (χ4v) is 3.23. The van der Waals surface area contributed by atoms with E-state index in [1.807, 2.05) is 0 Å². The minimum atomic E-state index is 0.420. The van der Waals surface area contributed by atoms with E-state index in [9.17, 15) is 0 Å². The predicted octanol–water partition coefficient (Wildman–Crippen LogP) is 4.74. The molecule has 0 aromatic rings. The average Bonchev–Trinajstić information content (AvgIpc) is 2.39. The van der Waals surface area contributed by atoms with Crippen LogP contribution in [0.15, 0.2) is 0 Å². The van der Waals surface area contributed by atoms with Crippen molar-refractivity contribution >= 4 is 11.6 Å². The molecule has 0 aliphatic heterocycles. The van der Waals surface area contributed by atoms with Crippen LogP contribution >= 0.6 is 11.6 Å². The first-order chi connectivity index (χ1) is 8.33. The molecule has 1 N–H and O–H groups in total. The Balaban J connectivity index is 2.03. The number of hydrogen-bond acceptors (Lipinski definition) is 1. The van der Waals surface area contributed by atoms with Crippen LogP contribution < -0.4 is 5.32 Å². The zero-order valence-corrected chi connectivity index (χ0v) is 12.3. The van der Waals surface area contributed by atoms with Gasteiger partial charge < -0.3 is 5.32 Å². The van der Waals surface area contributed by atoms with Gasteiger partial charge in [0.15, 0.2) is 0 Å². The van der Waals surface area contributed by atoms with Gasteiger partial charge in [0.1, 0.15) is 0 Å². The summed E-state index contributed by atoms with van der Waals surface area (Å²) in [5.74, 6) is 0.843. The van der Waals surface area contributed by atoms with Crippen LogP contribution in [0.2, 0.25) is 0 Å². The first kappa shape index (κ1) is 15.3. The van der Waals surface area contributed by atoms with Crippen molar-refractivity contribution in [1.82, 2.24) is 5.32 Å². The summed E-state index contributed by atoms with van der Waals surface area (Å²) in [5.41, 5.74) is 0.420. The standard InChI is InChI=1S/C15H30ClN/c1-2-3-4-5-9-12-17-14-15(13-16)10-7-6-8-11-15/h17H,2-14H2,1H3. The Morgan fingerprint density at radius 2 is 1.71 bits per heavy atom. The molecule has 1 saturated carbocycles. The van der Waals surface area contributed by atoms with Crippen LogP contribution in [0.5, 0.6) is 0 Å². The summed E-state index contributed by atoms with van der Waals surface area (Å²) in [4.78, 5) is 0. The van der Waals surface area contributed by atoms with Gasteiger partial charge in [0.25, 0.3) is 0 Å². The molecule has 0 heterocycles. The summed E-state index contributed by atoms with van der Waals surface area (Å²) in [6.45, 7) is 4.60. The third-order valence-electron chi connectivity index (χ3n) is 4.15. The van der Waals surface area contributed by atoms with E-state index >= 15 is 0 Å². The van der Waals surface area contributed by atoms with Gasteiger partial charge in [-0.15, -0.1) is 11.6 Å². The Hall–Kier alpha value is 0.250. The van der Waals surface area contributed by atoms with E-state index in [1.54, 1.807) is 0 Å². The monoisotopic (exact) mass is 259 g/mol. The van der Waals surface area contributed by atoms with Crippen molar-refractivity contribution in [1.29, 1.82) is 0 Å². The predicted molar refractivity (Wildman–Crippen MR) is 77.9 cm³/mol. The number of halogens is 1. The molecule has 0 spiro atoms. The molecule has 2 heteroatoms. The summed E-state index contributed by atoms with van der Waals surface area (Å²) in [6, 6.07) is 0. The van der Waals surface area contributed by atoms with Crippen molar-refractivity contribution in [2.24, 2.45) is 5.41 Å². The fraction of sp³-hybridized carbons (Fsp3) is 1.00. The van der Waals surface area contributed by atoms with E-state index in [-0.39, 0.29) is 0 Å². The van der Waals surface area contributed by atoms with Crippen molar-refractivity contribution in [2.45, 2.75) is 71.1 Å². The molecule has 102 valence electrons. The molecular weight excluding hydrogens is 230 g/mol. The summed E-state index contributed by atoms with van der Waals surface area (Å²) in [5, 5.41) is 3.64. The molecule has 0 unspecified atom stereocenters. The van der Waals surface area contributed by atoms with E-state index in [2.05, 4.69) is 12.2 Å². The van der Waals surface area contributed by atoms with Crippen LogP contribution in [0.4, 0.5) is 0 Å². The van der Waals surface area contributed by atoms with Gasteiger partial charge in [-0.3, -0.25) is 0 Å². The van der Waals surface area contributed by atoms with Gasteiger partial charge in [0.2, 0.25) is 0 Å². The van der Waals surface area contributed by atoms with E-state index < -0.39 is 0 Å². The van der Waals surface area contributed by atoms with Crippen LogP contribution in [0.1, 0.15) is 71.1 Å². The zero-order chi connectivity index (χ0) is 12.4. The first-order valence-electron chi connectivity index (χ1n) is 7.60. The van der Waals surface area contributed by atoms with Gasteiger partial charge in [-0.05, 0) is 31.2 Å². The Labute approximate surface area is 113 Å². The molecule has 0 aromatic heterocycles. The molecule has 1 rings (SSSR count). The molecule has 1 nitrogen and oxygen atoms in total. The van der Waals surface area contributed by atoms with Gasteiger partial charge in [-0.25, -0.2) is 0 Å². The van der Waals surface area contributed by atoms with E-state index in [4.69, 9.17) is 11.6 Å². The molecule has 0 bridgehead atoms. The highest BCUT2D eigenvalue weighted by Gasteiger charge is 2.30. The largest absolute Gasteiger partial charge is 0.316 e. The van der Waals surface area contributed by atoms with Crippen molar-refractivity contribution in [3.63, 3.8) is 0 Å². The van der Waals surface area contributed by atoms with Crippen LogP contribution in [-0.2, 0) is 0 Å². The highest BCUT2D eigenvalue weighted by molar-refractivity contribution is 6.18. The Morgan fingerprint density at radius 1 is 1.00 bits per heavy atom. The minimum Gasteiger partial charge on any atom is -0.316 e. The third-order valence-corrected chi connectivity index (χ3v) is 4.72. The molecule has 0 saturated heterocycles. The van der Waals surface area contributed by atoms with Crippen LogP contribution in [-0.4, -0.2) is 19.0 Å². The lowest BCUT2D eigenvalue weighted by molar-refractivity contribution is 0.212. The molecule has 1 fully saturated rings. The lowest BCUT2D eigenvalue weighted by atomic mass is 9.75. The fourth-order valence-electron chi connectivity index (χ4n) is 2.87. The van der Waals surface area contributed by atoms with Crippen LogP contribution in [0.25, 0.3) is 0 Å². The quantitative estimate of drug-likeness (QED) is 0.466. The maximum atomic E-state index is 6.18. The minimum absolute atomic E-state index is 0.420. The number of hydrogen-bond donors (Lipinski definition) is 1.